The topological polar surface area (TPSA) is 172 Å². The van der Waals surface area contributed by atoms with Crippen LogP contribution in [0.5, 0.6) is 17.2 Å². The van der Waals surface area contributed by atoms with Gasteiger partial charge in [-0.15, -0.1) is 0 Å². The monoisotopic (exact) mass is 621 g/mol. The summed E-state index contributed by atoms with van der Waals surface area (Å²) in [7, 11) is -2.98. The Morgan fingerprint density at radius 3 is 2.26 bits per heavy atom. The molecular formula is C27H26F3N5O7S. The molecule has 1 heterocycles. The van der Waals surface area contributed by atoms with Crippen molar-refractivity contribution in [1.82, 2.24) is 15.3 Å². The van der Waals surface area contributed by atoms with Gasteiger partial charge in [-0.25, -0.2) is 18.4 Å². The molecule has 1 amide bonds. The maximum atomic E-state index is 13.3. The normalized spacial score (nSPS) is 11.7. The van der Waals surface area contributed by atoms with Gasteiger partial charge in [-0.1, -0.05) is 12.1 Å². The average molecular weight is 622 g/mol. The first-order valence-electron chi connectivity index (χ1n) is 12.6. The lowest BCUT2D eigenvalue weighted by Crippen LogP contribution is -2.33. The van der Waals surface area contributed by atoms with Crippen LogP contribution >= 0.6 is 0 Å². The Labute approximate surface area is 243 Å². The minimum atomic E-state index is -4.61. The number of sulfonamides is 1. The van der Waals surface area contributed by atoms with Gasteiger partial charge in [-0.2, -0.15) is 13.2 Å². The van der Waals surface area contributed by atoms with Crippen molar-refractivity contribution in [1.29, 1.82) is 0 Å². The fourth-order valence-electron chi connectivity index (χ4n) is 3.73. The number of ether oxygens (including phenoxy) is 2. The molecule has 16 heteroatoms. The van der Waals surface area contributed by atoms with E-state index in [2.05, 4.69) is 20.0 Å². The molecule has 0 bridgehead atoms. The Kier molecular flexibility index (Phi) is 9.40. The van der Waals surface area contributed by atoms with Gasteiger partial charge in [0.25, 0.3) is 15.9 Å². The van der Waals surface area contributed by atoms with Crippen molar-refractivity contribution in [3.63, 3.8) is 0 Å². The number of carbonyl (C=O) groups is 1. The fourth-order valence-corrected chi connectivity index (χ4v) is 4.74. The number of benzene rings is 3. The van der Waals surface area contributed by atoms with E-state index in [1.54, 1.807) is 29.6 Å². The third-order valence-electron chi connectivity index (χ3n) is 5.76. The SMILES string of the molecule is COc1cc(O)c(OCCCO)c(Nc2nc3ccccc3nc2NS(=O)(=O)c2ccc(C(=O)NCC(F)(F)F)cc2)c1. The predicted molar refractivity (Wildman–Crippen MR) is 150 cm³/mol. The second kappa shape index (κ2) is 13.0. The van der Waals surface area contributed by atoms with E-state index in [1.807, 2.05) is 0 Å². The van der Waals surface area contributed by atoms with E-state index in [9.17, 15) is 31.5 Å². The van der Waals surface area contributed by atoms with Crippen molar-refractivity contribution < 1.29 is 46.1 Å². The van der Waals surface area contributed by atoms with Crippen molar-refractivity contribution in [2.45, 2.75) is 17.5 Å². The summed E-state index contributed by atoms with van der Waals surface area (Å²) in [6.45, 7) is -1.64. The Morgan fingerprint density at radius 2 is 1.65 bits per heavy atom. The number of carbonyl (C=O) groups excluding carboxylic acids is 1. The van der Waals surface area contributed by atoms with Crippen molar-refractivity contribution in [3.05, 3.63) is 66.2 Å². The van der Waals surface area contributed by atoms with Gasteiger partial charge in [-0.05, 0) is 36.4 Å². The van der Waals surface area contributed by atoms with Crippen LogP contribution in [-0.4, -0.2) is 67.6 Å². The Balaban J connectivity index is 1.68. The van der Waals surface area contributed by atoms with Gasteiger partial charge in [-0.3, -0.25) is 9.52 Å². The van der Waals surface area contributed by atoms with Gasteiger partial charge < -0.3 is 30.3 Å². The third kappa shape index (κ3) is 7.92. The van der Waals surface area contributed by atoms with E-state index >= 15 is 0 Å². The van der Waals surface area contributed by atoms with E-state index in [0.29, 0.717) is 11.0 Å². The number of hydrogen-bond donors (Lipinski definition) is 5. The van der Waals surface area contributed by atoms with Gasteiger partial charge in [0.15, 0.2) is 23.1 Å². The first kappa shape index (κ1) is 31.1. The number of rotatable bonds is 12. The quantitative estimate of drug-likeness (QED) is 0.146. The Bertz CT molecular complexity index is 1720. The lowest BCUT2D eigenvalue weighted by molar-refractivity contribution is -0.123. The zero-order valence-electron chi connectivity index (χ0n) is 22.5. The highest BCUT2D eigenvalue weighted by Crippen LogP contribution is 2.41. The van der Waals surface area contributed by atoms with Crippen LogP contribution in [-0.2, 0) is 10.0 Å². The molecule has 228 valence electrons. The third-order valence-corrected chi connectivity index (χ3v) is 7.11. The number of aromatic hydroxyl groups is 1. The molecule has 5 N–H and O–H groups in total. The van der Waals surface area contributed by atoms with Gasteiger partial charge in [0.1, 0.15) is 12.3 Å². The minimum absolute atomic E-state index is 0.0163. The highest BCUT2D eigenvalue weighted by Gasteiger charge is 2.28. The summed E-state index contributed by atoms with van der Waals surface area (Å²) < 4.78 is 77.1. The summed E-state index contributed by atoms with van der Waals surface area (Å²) in [4.78, 5) is 20.6. The van der Waals surface area contributed by atoms with Crippen LogP contribution in [0, 0.1) is 0 Å². The molecule has 0 fully saturated rings. The number of aliphatic hydroxyl groups excluding tert-OH is 1. The van der Waals surface area contributed by atoms with E-state index in [0.717, 1.165) is 24.3 Å². The molecule has 0 saturated carbocycles. The standard InChI is InChI=1S/C27H26F3N5O7S/c1-41-17-13-21(23(22(37)14-17)42-12-4-11-36)34-24-25(33-20-6-3-2-5-19(20)32-24)35-43(39,40)18-9-7-16(8-10-18)26(38)31-15-27(28,29)30/h2-3,5-10,13-14,36-37H,4,11-12,15H2,1H3,(H,31,38)(H,32,34)(H,33,35). The van der Waals surface area contributed by atoms with Crippen molar-refractivity contribution in [3.8, 4) is 17.2 Å². The molecule has 0 atom stereocenters. The number of halogens is 3. The average Bonchev–Trinajstić information content (AvgIpc) is 2.97. The molecule has 0 aliphatic carbocycles. The maximum Gasteiger partial charge on any atom is 0.405 e. The lowest BCUT2D eigenvalue weighted by atomic mass is 10.2. The van der Waals surface area contributed by atoms with Gasteiger partial charge in [0.05, 0.1) is 35.3 Å². The van der Waals surface area contributed by atoms with Crippen molar-refractivity contribution in [2.24, 2.45) is 0 Å². The van der Waals surface area contributed by atoms with Gasteiger partial charge >= 0.3 is 6.18 Å². The number of para-hydroxylation sites is 2. The second-order valence-electron chi connectivity index (χ2n) is 8.91. The summed E-state index contributed by atoms with van der Waals surface area (Å²) in [6.07, 6.45) is -4.33. The van der Waals surface area contributed by atoms with E-state index in [1.165, 1.54) is 19.2 Å². The number of nitrogens with zero attached hydrogens (tertiary/aromatic N) is 2. The molecule has 3 aromatic carbocycles. The molecule has 0 aliphatic heterocycles. The van der Waals surface area contributed by atoms with E-state index in [4.69, 9.17) is 14.6 Å². The lowest BCUT2D eigenvalue weighted by Gasteiger charge is -2.18. The number of phenols is 1. The molecule has 0 saturated heterocycles. The van der Waals surface area contributed by atoms with Gasteiger partial charge in [0.2, 0.25) is 0 Å². The molecule has 4 rings (SSSR count). The summed E-state index contributed by atoms with van der Waals surface area (Å²) in [5, 5.41) is 24.3. The molecule has 12 nitrogen and oxygen atoms in total. The molecule has 0 aliphatic rings. The highest BCUT2D eigenvalue weighted by atomic mass is 32.2. The number of fused-ring (bicyclic) bond motifs is 1. The number of anilines is 3. The van der Waals surface area contributed by atoms with Crippen LogP contribution in [0.4, 0.5) is 30.5 Å². The number of aromatic nitrogens is 2. The number of aliphatic hydroxyl groups is 1. The number of phenolic OH excluding ortho intramolecular Hbond substituents is 1. The maximum absolute atomic E-state index is 13.3. The first-order chi connectivity index (χ1) is 20.4. The first-order valence-corrected chi connectivity index (χ1v) is 14.0. The number of nitrogens with one attached hydrogen (secondary N) is 3. The van der Waals surface area contributed by atoms with Crippen LogP contribution in [0.2, 0.25) is 0 Å². The zero-order valence-corrected chi connectivity index (χ0v) is 23.3. The van der Waals surface area contributed by atoms with Crippen LogP contribution in [0.1, 0.15) is 16.8 Å². The van der Waals surface area contributed by atoms with Crippen molar-refractivity contribution >= 4 is 44.3 Å². The number of hydrogen-bond acceptors (Lipinski definition) is 10. The zero-order chi connectivity index (χ0) is 31.2. The number of methoxy groups -OCH3 is 1. The molecule has 4 aromatic rings. The predicted octanol–water partition coefficient (Wildman–Crippen LogP) is 3.94. The molecule has 0 unspecified atom stereocenters. The molecular weight excluding hydrogens is 595 g/mol. The Hall–Kier alpha value is -4.83. The summed E-state index contributed by atoms with van der Waals surface area (Å²) in [5.41, 5.74) is 0.712. The van der Waals surface area contributed by atoms with Crippen LogP contribution in [0.3, 0.4) is 0 Å². The van der Waals surface area contributed by atoms with Gasteiger partial charge in [0, 0.05) is 30.7 Å². The molecule has 0 radical (unpaired) electrons. The van der Waals surface area contributed by atoms with Crippen molar-refractivity contribution in [2.75, 3.05) is 36.9 Å². The molecule has 43 heavy (non-hydrogen) atoms. The number of alkyl halides is 3. The Morgan fingerprint density at radius 1 is 1.00 bits per heavy atom. The highest BCUT2D eigenvalue weighted by molar-refractivity contribution is 7.92. The molecule has 1 aromatic heterocycles. The minimum Gasteiger partial charge on any atom is -0.504 e. The largest absolute Gasteiger partial charge is 0.504 e. The van der Waals surface area contributed by atoms with E-state index in [-0.39, 0.29) is 64.7 Å². The summed E-state index contributed by atoms with van der Waals surface area (Å²) in [6, 6.07) is 13.7. The smallest absolute Gasteiger partial charge is 0.405 e. The number of amides is 1. The molecule has 0 spiro atoms. The van der Waals surface area contributed by atoms with Crippen LogP contribution in [0.25, 0.3) is 11.0 Å². The fraction of sp³-hybridized carbons (Fsp3) is 0.222. The summed E-state index contributed by atoms with van der Waals surface area (Å²) >= 11 is 0. The van der Waals surface area contributed by atoms with Crippen LogP contribution in [0.15, 0.2) is 65.6 Å². The summed E-state index contributed by atoms with van der Waals surface area (Å²) in [5.74, 6) is -1.42. The second-order valence-corrected chi connectivity index (χ2v) is 10.6. The van der Waals surface area contributed by atoms with E-state index < -0.39 is 28.7 Å². The van der Waals surface area contributed by atoms with Crippen LogP contribution < -0.4 is 24.8 Å².